The minimum atomic E-state index is -0.423. The summed E-state index contributed by atoms with van der Waals surface area (Å²) in [5, 5.41) is 17.0. The number of nitrogens with zero attached hydrogens (tertiary/aromatic N) is 2. The van der Waals surface area contributed by atoms with Crippen LogP contribution in [0, 0.1) is 17.3 Å². The number of nitrogens with one attached hydrogen (secondary N) is 4. The fraction of sp³-hybridized carbons (Fsp3) is 0.406. The normalized spacial score (nSPS) is 13.7. The Labute approximate surface area is 248 Å². The maximum atomic E-state index is 12.3. The molecule has 2 aromatic heterocycles. The lowest BCUT2D eigenvalue weighted by atomic mass is 9.93. The van der Waals surface area contributed by atoms with Crippen LogP contribution in [0.15, 0.2) is 52.7 Å². The molecule has 2 amide bonds. The van der Waals surface area contributed by atoms with Crippen molar-refractivity contribution in [2.75, 3.05) is 50.1 Å². The van der Waals surface area contributed by atoms with Gasteiger partial charge >= 0.3 is 6.03 Å². The average Bonchev–Trinajstić information content (AvgIpc) is 3.65. The molecule has 4 N–H and O–H groups in total. The van der Waals surface area contributed by atoms with Gasteiger partial charge in [-0.3, -0.25) is 10.2 Å². The van der Waals surface area contributed by atoms with Crippen molar-refractivity contribution in [2.24, 2.45) is 0 Å². The van der Waals surface area contributed by atoms with Gasteiger partial charge in [0.2, 0.25) is 0 Å². The molecule has 0 atom stereocenters. The van der Waals surface area contributed by atoms with E-state index in [4.69, 9.17) is 19.4 Å². The Morgan fingerprint density at radius 2 is 1.90 bits per heavy atom. The van der Waals surface area contributed by atoms with E-state index in [1.807, 2.05) is 46.9 Å². The molecule has 0 radical (unpaired) electrons. The number of anilines is 2. The molecule has 0 bridgehead atoms. The predicted molar refractivity (Wildman–Crippen MR) is 167 cm³/mol. The number of aromatic nitrogens is 2. The number of allylic oxidation sites excluding steroid dienone is 1. The van der Waals surface area contributed by atoms with Crippen molar-refractivity contribution in [2.45, 2.75) is 46.5 Å². The Hall–Kier alpha value is -4.33. The number of aromatic amines is 1. The van der Waals surface area contributed by atoms with E-state index in [-0.39, 0.29) is 5.41 Å². The first-order chi connectivity index (χ1) is 20.3. The summed E-state index contributed by atoms with van der Waals surface area (Å²) in [6, 6.07) is 10.3. The summed E-state index contributed by atoms with van der Waals surface area (Å²) < 4.78 is 16.5. The molecule has 3 heterocycles. The van der Waals surface area contributed by atoms with E-state index >= 15 is 0 Å². The van der Waals surface area contributed by atoms with Crippen LogP contribution in [-0.2, 0) is 10.2 Å². The molecule has 1 fully saturated rings. The summed E-state index contributed by atoms with van der Waals surface area (Å²) in [7, 11) is 0. The highest BCUT2D eigenvalue weighted by molar-refractivity contribution is 5.99. The molecule has 1 aliphatic rings. The second-order valence-corrected chi connectivity index (χ2v) is 10.4. The van der Waals surface area contributed by atoms with Gasteiger partial charge in [-0.05, 0) is 36.8 Å². The second-order valence-electron chi connectivity index (χ2n) is 10.4. The number of hydrogen-bond donors (Lipinski definition) is 4. The zero-order valence-electron chi connectivity index (χ0n) is 25.2. The van der Waals surface area contributed by atoms with E-state index < -0.39 is 6.03 Å². The zero-order valence-corrected chi connectivity index (χ0v) is 25.2. The number of benzene rings is 1. The third-order valence-corrected chi connectivity index (χ3v) is 6.12. The van der Waals surface area contributed by atoms with Gasteiger partial charge < -0.3 is 29.7 Å². The molecule has 0 saturated carbocycles. The number of H-pyrrole nitrogens is 1. The van der Waals surface area contributed by atoms with Crippen LogP contribution in [0.4, 0.5) is 16.3 Å². The molecule has 42 heavy (non-hydrogen) atoms. The third kappa shape index (κ3) is 10.6. The predicted octanol–water partition coefficient (Wildman–Crippen LogP) is 6.16. The van der Waals surface area contributed by atoms with Crippen LogP contribution in [0.3, 0.4) is 0 Å². The Morgan fingerprint density at radius 1 is 1.17 bits per heavy atom. The lowest BCUT2D eigenvalue weighted by Crippen LogP contribution is -2.37. The first-order valence-corrected chi connectivity index (χ1v) is 14.3. The van der Waals surface area contributed by atoms with E-state index in [1.165, 1.54) is 6.21 Å². The molecular weight excluding hydrogens is 532 g/mol. The van der Waals surface area contributed by atoms with Gasteiger partial charge in [0.05, 0.1) is 19.8 Å². The van der Waals surface area contributed by atoms with E-state index in [0.29, 0.717) is 29.4 Å². The van der Waals surface area contributed by atoms with Gasteiger partial charge in [-0.15, -0.1) is 0 Å². The summed E-state index contributed by atoms with van der Waals surface area (Å²) in [4.78, 5) is 17.9. The molecule has 3 aromatic rings. The van der Waals surface area contributed by atoms with E-state index in [9.17, 15) is 4.79 Å². The van der Waals surface area contributed by atoms with Crippen molar-refractivity contribution in [3.05, 3.63) is 65.2 Å². The fourth-order valence-corrected chi connectivity index (χ4v) is 3.89. The van der Waals surface area contributed by atoms with Gasteiger partial charge in [-0.1, -0.05) is 51.6 Å². The van der Waals surface area contributed by atoms with Crippen molar-refractivity contribution in [1.29, 1.82) is 5.41 Å². The largest absolute Gasteiger partial charge is 0.492 e. The monoisotopic (exact) mass is 574 g/mol. The number of rotatable bonds is 9. The minimum Gasteiger partial charge on any atom is -0.492 e. The standard InChI is InChI=1S/C30H36N6O4.C2H6/c1-30(2,3)27-19-28(35-40-27)34-29(37)33-24-9-7-22(8-10-24)5-6-23(20-31)17-25-18-26(21-32-25)39-14-4-11-36-12-15-38-16-13-36;1-2/h7-10,17-21,31-32H,4,11-16H2,1-3H3,(H2,33,34,35,37);1-2H3/b23-17-,31-20?;. The average molecular weight is 575 g/mol. The summed E-state index contributed by atoms with van der Waals surface area (Å²) in [5.74, 6) is 7.86. The highest BCUT2D eigenvalue weighted by atomic mass is 16.5. The number of ether oxygens (including phenoxy) is 2. The Bertz CT molecular complexity index is 1370. The molecule has 10 heteroatoms. The summed E-state index contributed by atoms with van der Waals surface area (Å²) in [6.07, 6.45) is 5.78. The minimum absolute atomic E-state index is 0.199. The first kappa shape index (κ1) is 32.2. The highest BCUT2D eigenvalue weighted by Gasteiger charge is 2.20. The molecule has 1 saturated heterocycles. The quantitative estimate of drug-likeness (QED) is 0.138. The van der Waals surface area contributed by atoms with E-state index in [2.05, 4.69) is 37.5 Å². The molecule has 10 nitrogen and oxygen atoms in total. The number of morpholine rings is 1. The van der Waals surface area contributed by atoms with Crippen LogP contribution in [0.1, 0.15) is 58.1 Å². The van der Waals surface area contributed by atoms with Crippen LogP contribution < -0.4 is 15.4 Å². The molecule has 0 aliphatic carbocycles. The summed E-state index contributed by atoms with van der Waals surface area (Å²) >= 11 is 0. The lowest BCUT2D eigenvalue weighted by Gasteiger charge is -2.26. The van der Waals surface area contributed by atoms with Crippen LogP contribution in [0.25, 0.3) is 6.08 Å². The van der Waals surface area contributed by atoms with Crippen LogP contribution >= 0.6 is 0 Å². The van der Waals surface area contributed by atoms with Crippen molar-refractivity contribution >= 4 is 29.8 Å². The Kier molecular flexibility index (Phi) is 12.4. The summed E-state index contributed by atoms with van der Waals surface area (Å²) in [5.41, 5.74) is 2.51. The molecule has 224 valence electrons. The number of hydrogen-bond acceptors (Lipinski definition) is 7. The molecule has 1 aromatic carbocycles. The first-order valence-electron chi connectivity index (χ1n) is 14.3. The van der Waals surface area contributed by atoms with Crippen molar-refractivity contribution in [3.8, 4) is 17.6 Å². The maximum Gasteiger partial charge on any atom is 0.324 e. The highest BCUT2D eigenvalue weighted by Crippen LogP contribution is 2.24. The van der Waals surface area contributed by atoms with Gasteiger partial charge in [-0.2, -0.15) is 0 Å². The number of carbonyl (C=O) groups is 1. The maximum absolute atomic E-state index is 12.3. The number of urea groups is 1. The van der Waals surface area contributed by atoms with Gasteiger partial charge in [0, 0.05) is 72.1 Å². The molecule has 4 rings (SSSR count). The summed E-state index contributed by atoms with van der Waals surface area (Å²) in [6.45, 7) is 15.2. The zero-order chi connectivity index (χ0) is 30.4. The lowest BCUT2D eigenvalue weighted by molar-refractivity contribution is 0.0358. The van der Waals surface area contributed by atoms with Crippen molar-refractivity contribution in [3.63, 3.8) is 0 Å². The molecular formula is C32H42N6O4. The van der Waals surface area contributed by atoms with E-state index in [1.54, 1.807) is 36.4 Å². The fourth-order valence-electron chi connectivity index (χ4n) is 3.89. The van der Waals surface area contributed by atoms with Crippen LogP contribution in [0.5, 0.6) is 5.75 Å². The third-order valence-electron chi connectivity index (χ3n) is 6.12. The second kappa shape index (κ2) is 16.2. The van der Waals surface area contributed by atoms with Gasteiger partial charge in [0.15, 0.2) is 5.82 Å². The van der Waals surface area contributed by atoms with Crippen molar-refractivity contribution in [1.82, 2.24) is 15.0 Å². The van der Waals surface area contributed by atoms with Gasteiger partial charge in [-0.25, -0.2) is 4.79 Å². The SMILES string of the molecule is CC.CC(C)(C)c1cc(NC(=O)Nc2ccc(C#C/C(C=N)=C/c3cc(OCCCN4CCOCC4)c[nH]3)cc2)no1. The number of carbonyl (C=O) groups excluding carboxylic acids is 1. The van der Waals surface area contributed by atoms with Gasteiger partial charge in [0.1, 0.15) is 11.5 Å². The van der Waals surface area contributed by atoms with Gasteiger partial charge in [0.25, 0.3) is 0 Å². The molecule has 0 unspecified atom stereocenters. The van der Waals surface area contributed by atoms with Crippen LogP contribution in [0.2, 0.25) is 0 Å². The van der Waals surface area contributed by atoms with E-state index in [0.717, 1.165) is 56.3 Å². The topological polar surface area (TPSA) is 128 Å². The molecule has 0 spiro atoms. The Morgan fingerprint density at radius 3 is 2.57 bits per heavy atom. The Balaban J connectivity index is 0.00000237. The molecule has 1 aliphatic heterocycles. The number of amides is 2. The smallest absolute Gasteiger partial charge is 0.324 e. The van der Waals surface area contributed by atoms with Crippen molar-refractivity contribution < 1.29 is 18.8 Å². The van der Waals surface area contributed by atoms with Crippen LogP contribution in [-0.4, -0.2) is 66.7 Å².